The summed E-state index contributed by atoms with van der Waals surface area (Å²) < 4.78 is 11.1. The Morgan fingerprint density at radius 1 is 1.08 bits per heavy atom. The summed E-state index contributed by atoms with van der Waals surface area (Å²) in [7, 11) is 0. The van der Waals surface area contributed by atoms with Crippen LogP contribution in [0.1, 0.15) is 15.9 Å². The highest BCUT2D eigenvalue weighted by Gasteiger charge is 2.18. The molecule has 0 aliphatic carbocycles. The van der Waals surface area contributed by atoms with Gasteiger partial charge in [0.05, 0.1) is 17.5 Å². The molecule has 1 aliphatic heterocycles. The van der Waals surface area contributed by atoms with Gasteiger partial charge in [0.15, 0.2) is 11.5 Å². The van der Waals surface area contributed by atoms with Crippen LogP contribution in [0.2, 0.25) is 0 Å². The lowest BCUT2D eigenvalue weighted by atomic mass is 10.1. The van der Waals surface area contributed by atoms with Crippen molar-refractivity contribution >= 4 is 11.6 Å². The van der Waals surface area contributed by atoms with Crippen molar-refractivity contribution in [2.45, 2.75) is 6.92 Å². The summed E-state index contributed by atoms with van der Waals surface area (Å²) in [5, 5.41) is 9.82. The lowest BCUT2D eigenvalue weighted by Crippen LogP contribution is -2.15. The lowest BCUT2D eigenvalue weighted by Gasteiger charge is -2.18. The molecular weight excluding hydrogens is 318 g/mol. The zero-order chi connectivity index (χ0) is 17.2. The van der Waals surface area contributed by atoms with E-state index in [1.165, 1.54) is 6.20 Å². The van der Waals surface area contributed by atoms with Gasteiger partial charge in [0.1, 0.15) is 13.2 Å². The molecular formula is C19H17N3O3. The van der Waals surface area contributed by atoms with E-state index < -0.39 is 0 Å². The maximum atomic E-state index is 12.6. The monoisotopic (exact) mass is 335 g/mol. The average molecular weight is 335 g/mol. The Bertz CT molecular complexity index is 916. The van der Waals surface area contributed by atoms with Crippen molar-refractivity contribution in [2.75, 3.05) is 18.5 Å². The molecule has 0 atom stereocenters. The van der Waals surface area contributed by atoms with E-state index in [9.17, 15) is 4.79 Å². The van der Waals surface area contributed by atoms with Gasteiger partial charge in [0, 0.05) is 11.3 Å². The van der Waals surface area contributed by atoms with E-state index in [0.717, 1.165) is 16.8 Å². The molecule has 126 valence electrons. The first-order valence-corrected chi connectivity index (χ1v) is 8.02. The molecule has 6 heteroatoms. The summed E-state index contributed by atoms with van der Waals surface area (Å²) in [6, 6.07) is 13.2. The minimum Gasteiger partial charge on any atom is -0.486 e. The highest BCUT2D eigenvalue weighted by molar-refractivity contribution is 6.08. The third kappa shape index (κ3) is 3.06. The number of H-pyrrole nitrogens is 1. The first-order chi connectivity index (χ1) is 12.2. The number of hydrogen-bond acceptors (Lipinski definition) is 4. The highest BCUT2D eigenvalue weighted by Crippen LogP contribution is 2.34. The maximum absolute atomic E-state index is 12.6. The summed E-state index contributed by atoms with van der Waals surface area (Å²) in [5.41, 5.74) is 3.80. The summed E-state index contributed by atoms with van der Waals surface area (Å²) >= 11 is 0. The van der Waals surface area contributed by atoms with Crippen LogP contribution in [0.15, 0.2) is 48.7 Å². The number of ether oxygens (including phenoxy) is 2. The molecule has 0 spiro atoms. The van der Waals surface area contributed by atoms with Crippen LogP contribution in [0.3, 0.4) is 0 Å². The third-order valence-electron chi connectivity index (χ3n) is 4.02. The molecule has 1 aliphatic rings. The second-order valence-electron chi connectivity index (χ2n) is 5.84. The number of aromatic nitrogens is 2. The van der Waals surface area contributed by atoms with Crippen molar-refractivity contribution in [3.05, 3.63) is 59.8 Å². The number of nitrogens with zero attached hydrogens (tertiary/aromatic N) is 1. The SMILES string of the molecule is Cc1ccc(NC(=O)c2cn[nH]c2-c2ccc3c(c2)OCCO3)cc1. The fraction of sp³-hybridized carbons (Fsp3) is 0.158. The van der Waals surface area contributed by atoms with Crippen molar-refractivity contribution in [3.63, 3.8) is 0 Å². The van der Waals surface area contributed by atoms with E-state index in [-0.39, 0.29) is 5.91 Å². The molecule has 2 N–H and O–H groups in total. The van der Waals surface area contributed by atoms with Crippen LogP contribution in [0.25, 0.3) is 11.3 Å². The minimum absolute atomic E-state index is 0.220. The molecule has 6 nitrogen and oxygen atoms in total. The zero-order valence-electron chi connectivity index (χ0n) is 13.7. The van der Waals surface area contributed by atoms with Crippen LogP contribution in [-0.2, 0) is 0 Å². The molecule has 0 saturated carbocycles. The quantitative estimate of drug-likeness (QED) is 0.769. The van der Waals surface area contributed by atoms with Crippen molar-refractivity contribution < 1.29 is 14.3 Å². The van der Waals surface area contributed by atoms with Gasteiger partial charge >= 0.3 is 0 Å². The standard InChI is InChI=1S/C19H17N3O3/c1-12-2-5-14(6-3-12)21-19(23)15-11-20-22-18(15)13-4-7-16-17(10-13)25-9-8-24-16/h2-7,10-11H,8-9H2,1H3,(H,20,22)(H,21,23). The number of hydrogen-bond donors (Lipinski definition) is 2. The number of amides is 1. The number of nitrogens with one attached hydrogen (secondary N) is 2. The van der Waals surface area contributed by atoms with E-state index in [4.69, 9.17) is 9.47 Å². The number of benzene rings is 2. The van der Waals surface area contributed by atoms with Crippen LogP contribution >= 0.6 is 0 Å². The Labute approximate surface area is 144 Å². The van der Waals surface area contributed by atoms with Crippen LogP contribution in [0, 0.1) is 6.92 Å². The van der Waals surface area contributed by atoms with Crippen molar-refractivity contribution in [2.24, 2.45) is 0 Å². The van der Waals surface area contributed by atoms with Crippen LogP contribution in [-0.4, -0.2) is 29.3 Å². The number of rotatable bonds is 3. The molecule has 0 fully saturated rings. The summed E-state index contributed by atoms with van der Waals surface area (Å²) in [4.78, 5) is 12.6. The fourth-order valence-corrected chi connectivity index (χ4v) is 2.71. The Balaban J connectivity index is 1.62. The predicted octanol–water partition coefficient (Wildman–Crippen LogP) is 3.41. The molecule has 25 heavy (non-hydrogen) atoms. The Morgan fingerprint density at radius 3 is 2.64 bits per heavy atom. The molecule has 1 amide bonds. The predicted molar refractivity (Wildman–Crippen MR) is 94.1 cm³/mol. The van der Waals surface area contributed by atoms with E-state index in [1.54, 1.807) is 0 Å². The summed E-state index contributed by atoms with van der Waals surface area (Å²) in [6.07, 6.45) is 1.52. The maximum Gasteiger partial charge on any atom is 0.259 e. The number of carbonyl (C=O) groups is 1. The molecule has 0 radical (unpaired) electrons. The average Bonchev–Trinajstić information content (AvgIpc) is 3.13. The molecule has 4 rings (SSSR count). The molecule has 2 heterocycles. The van der Waals surface area contributed by atoms with Crippen molar-refractivity contribution in [1.82, 2.24) is 10.2 Å². The zero-order valence-corrected chi connectivity index (χ0v) is 13.7. The second-order valence-corrected chi connectivity index (χ2v) is 5.84. The largest absolute Gasteiger partial charge is 0.486 e. The van der Waals surface area contributed by atoms with Crippen LogP contribution < -0.4 is 14.8 Å². The number of anilines is 1. The topological polar surface area (TPSA) is 76.2 Å². The molecule has 0 saturated heterocycles. The van der Waals surface area contributed by atoms with E-state index in [2.05, 4.69) is 15.5 Å². The van der Waals surface area contributed by atoms with Crippen LogP contribution in [0.5, 0.6) is 11.5 Å². The van der Waals surface area contributed by atoms with Gasteiger partial charge < -0.3 is 14.8 Å². The minimum atomic E-state index is -0.220. The lowest BCUT2D eigenvalue weighted by molar-refractivity contribution is 0.102. The Kier molecular flexibility index (Phi) is 3.85. The van der Waals surface area contributed by atoms with Gasteiger partial charge in [0.2, 0.25) is 0 Å². The Hall–Kier alpha value is -3.28. The molecule has 3 aromatic rings. The number of aromatic amines is 1. The van der Waals surface area contributed by atoms with Gasteiger partial charge in [-0.1, -0.05) is 17.7 Å². The van der Waals surface area contributed by atoms with Gasteiger partial charge in [-0.15, -0.1) is 0 Å². The van der Waals surface area contributed by atoms with Gasteiger partial charge in [-0.2, -0.15) is 5.10 Å². The molecule has 0 unspecified atom stereocenters. The number of fused-ring (bicyclic) bond motifs is 1. The fourth-order valence-electron chi connectivity index (χ4n) is 2.71. The first kappa shape index (κ1) is 15.3. The normalized spacial score (nSPS) is 12.7. The van der Waals surface area contributed by atoms with E-state index in [0.29, 0.717) is 36.0 Å². The Morgan fingerprint density at radius 2 is 1.84 bits per heavy atom. The van der Waals surface area contributed by atoms with E-state index in [1.807, 2.05) is 49.4 Å². The summed E-state index contributed by atoms with van der Waals surface area (Å²) in [6.45, 7) is 3.06. The number of carbonyl (C=O) groups excluding carboxylic acids is 1. The second kappa shape index (κ2) is 6.32. The number of aryl methyl sites for hydroxylation is 1. The van der Waals surface area contributed by atoms with E-state index >= 15 is 0 Å². The van der Waals surface area contributed by atoms with Crippen LogP contribution in [0.4, 0.5) is 5.69 Å². The van der Waals surface area contributed by atoms with Crippen molar-refractivity contribution in [1.29, 1.82) is 0 Å². The summed E-state index contributed by atoms with van der Waals surface area (Å²) in [5.74, 6) is 1.16. The third-order valence-corrected chi connectivity index (χ3v) is 4.02. The van der Waals surface area contributed by atoms with Gasteiger partial charge in [-0.25, -0.2) is 0 Å². The molecule has 1 aromatic heterocycles. The first-order valence-electron chi connectivity index (χ1n) is 8.02. The molecule has 2 aromatic carbocycles. The molecule has 0 bridgehead atoms. The smallest absolute Gasteiger partial charge is 0.259 e. The highest BCUT2D eigenvalue weighted by atomic mass is 16.6. The van der Waals surface area contributed by atoms with Gasteiger partial charge in [0.25, 0.3) is 5.91 Å². The van der Waals surface area contributed by atoms with Gasteiger partial charge in [-0.3, -0.25) is 9.89 Å². The van der Waals surface area contributed by atoms with Gasteiger partial charge in [-0.05, 0) is 37.3 Å². The van der Waals surface area contributed by atoms with Crippen molar-refractivity contribution in [3.8, 4) is 22.8 Å².